The number of aromatic carboxylic acids is 2. The first-order chi connectivity index (χ1) is 12.6. The summed E-state index contributed by atoms with van der Waals surface area (Å²) in [5.41, 5.74) is 1.15. The standard InChI is InChI=1S/C21H15NO4/c23-20(24)18-16-10-3-4-11-17(16)22(19(18)21(25)26)12-14-8-5-7-13-6-1-2-9-15(13)14/h1-11H,12H2,(H,23,24)(H,25,26). The normalized spacial score (nSPS) is 11.1. The summed E-state index contributed by atoms with van der Waals surface area (Å²) >= 11 is 0. The number of benzene rings is 3. The molecule has 3 aromatic carbocycles. The van der Waals surface area contributed by atoms with Crippen LogP contribution in [0.4, 0.5) is 0 Å². The number of nitrogens with zero attached hydrogens (tertiary/aromatic N) is 1. The van der Waals surface area contributed by atoms with Crippen molar-refractivity contribution in [1.82, 2.24) is 4.57 Å². The Morgan fingerprint density at radius 3 is 2.15 bits per heavy atom. The highest BCUT2D eigenvalue weighted by molar-refractivity contribution is 6.12. The van der Waals surface area contributed by atoms with Crippen molar-refractivity contribution in [2.75, 3.05) is 0 Å². The van der Waals surface area contributed by atoms with E-state index in [1.54, 1.807) is 28.8 Å². The molecule has 0 saturated heterocycles. The largest absolute Gasteiger partial charge is 0.478 e. The zero-order valence-electron chi connectivity index (χ0n) is 13.7. The molecule has 0 amide bonds. The highest BCUT2D eigenvalue weighted by Gasteiger charge is 2.26. The van der Waals surface area contributed by atoms with E-state index in [-0.39, 0.29) is 17.8 Å². The summed E-state index contributed by atoms with van der Waals surface area (Å²) in [5, 5.41) is 21.8. The first kappa shape index (κ1) is 15.9. The van der Waals surface area contributed by atoms with Crippen molar-refractivity contribution in [3.8, 4) is 0 Å². The van der Waals surface area contributed by atoms with Crippen molar-refractivity contribution in [2.24, 2.45) is 0 Å². The van der Waals surface area contributed by atoms with Gasteiger partial charge in [-0.25, -0.2) is 9.59 Å². The minimum Gasteiger partial charge on any atom is -0.478 e. The Kier molecular flexibility index (Phi) is 3.69. The second-order valence-electron chi connectivity index (χ2n) is 6.08. The summed E-state index contributed by atoms with van der Waals surface area (Å²) in [6.07, 6.45) is 0. The lowest BCUT2D eigenvalue weighted by Crippen LogP contribution is -2.13. The van der Waals surface area contributed by atoms with E-state index in [0.717, 1.165) is 16.3 Å². The average Bonchev–Trinajstić information content (AvgIpc) is 2.97. The number of hydrogen-bond donors (Lipinski definition) is 2. The molecule has 0 bridgehead atoms. The van der Waals surface area contributed by atoms with Crippen LogP contribution in [0, 0.1) is 0 Å². The van der Waals surface area contributed by atoms with Crippen LogP contribution in [0.1, 0.15) is 26.4 Å². The number of para-hydroxylation sites is 1. The third kappa shape index (κ3) is 2.41. The van der Waals surface area contributed by atoms with Gasteiger partial charge in [0.15, 0.2) is 0 Å². The summed E-state index contributed by atoms with van der Waals surface area (Å²) in [4.78, 5) is 23.6. The number of aromatic nitrogens is 1. The third-order valence-corrected chi connectivity index (χ3v) is 4.60. The molecule has 0 unspecified atom stereocenters. The van der Waals surface area contributed by atoms with Crippen molar-refractivity contribution in [2.45, 2.75) is 6.54 Å². The number of fused-ring (bicyclic) bond motifs is 2. The highest BCUT2D eigenvalue weighted by atomic mass is 16.4. The van der Waals surface area contributed by atoms with E-state index in [0.29, 0.717) is 10.9 Å². The molecule has 4 rings (SSSR count). The molecular weight excluding hydrogens is 330 g/mol. The van der Waals surface area contributed by atoms with E-state index in [2.05, 4.69) is 0 Å². The first-order valence-electron chi connectivity index (χ1n) is 8.12. The highest BCUT2D eigenvalue weighted by Crippen LogP contribution is 2.29. The molecule has 0 saturated carbocycles. The van der Waals surface area contributed by atoms with Gasteiger partial charge in [0, 0.05) is 17.4 Å². The fraction of sp³-hybridized carbons (Fsp3) is 0.0476. The predicted octanol–water partition coefficient (Wildman–Crippen LogP) is 4.24. The number of hydrogen-bond acceptors (Lipinski definition) is 2. The smallest absolute Gasteiger partial charge is 0.353 e. The Morgan fingerprint density at radius 1 is 0.769 bits per heavy atom. The van der Waals surface area contributed by atoms with Gasteiger partial charge < -0.3 is 14.8 Å². The second kappa shape index (κ2) is 6.04. The fourth-order valence-corrected chi connectivity index (χ4v) is 3.51. The van der Waals surface area contributed by atoms with Crippen LogP contribution in [0.25, 0.3) is 21.7 Å². The van der Waals surface area contributed by atoms with Gasteiger partial charge in [0.1, 0.15) is 5.69 Å². The zero-order chi connectivity index (χ0) is 18.3. The van der Waals surface area contributed by atoms with Crippen LogP contribution in [0.5, 0.6) is 0 Å². The molecule has 0 fully saturated rings. The summed E-state index contributed by atoms with van der Waals surface area (Å²) in [6.45, 7) is 0.275. The van der Waals surface area contributed by atoms with Crippen LogP contribution in [0.3, 0.4) is 0 Å². The average molecular weight is 345 g/mol. The molecule has 0 aliphatic heterocycles. The molecule has 0 spiro atoms. The van der Waals surface area contributed by atoms with Crippen molar-refractivity contribution < 1.29 is 19.8 Å². The molecule has 5 heteroatoms. The summed E-state index contributed by atoms with van der Waals surface area (Å²) < 4.78 is 1.57. The van der Waals surface area contributed by atoms with E-state index >= 15 is 0 Å². The van der Waals surface area contributed by atoms with Crippen molar-refractivity contribution >= 4 is 33.6 Å². The fourth-order valence-electron chi connectivity index (χ4n) is 3.51. The van der Waals surface area contributed by atoms with Gasteiger partial charge in [-0.1, -0.05) is 60.7 Å². The van der Waals surface area contributed by atoms with Crippen LogP contribution in [-0.2, 0) is 6.54 Å². The van der Waals surface area contributed by atoms with Gasteiger partial charge in [0.2, 0.25) is 0 Å². The monoisotopic (exact) mass is 345 g/mol. The molecule has 0 aliphatic rings. The van der Waals surface area contributed by atoms with Crippen molar-refractivity contribution in [1.29, 1.82) is 0 Å². The van der Waals surface area contributed by atoms with Gasteiger partial charge in [-0.15, -0.1) is 0 Å². The van der Waals surface area contributed by atoms with E-state index < -0.39 is 11.9 Å². The maximum atomic E-state index is 11.9. The van der Waals surface area contributed by atoms with Gasteiger partial charge >= 0.3 is 11.9 Å². The first-order valence-corrected chi connectivity index (χ1v) is 8.12. The van der Waals surface area contributed by atoms with E-state index in [1.165, 1.54) is 0 Å². The van der Waals surface area contributed by atoms with Crippen LogP contribution in [-0.4, -0.2) is 26.7 Å². The van der Waals surface area contributed by atoms with E-state index in [1.807, 2.05) is 42.5 Å². The van der Waals surface area contributed by atoms with Crippen molar-refractivity contribution in [3.05, 3.63) is 83.6 Å². The van der Waals surface area contributed by atoms with Gasteiger partial charge in [0.25, 0.3) is 0 Å². The summed E-state index contributed by atoms with van der Waals surface area (Å²) in [7, 11) is 0. The lowest BCUT2D eigenvalue weighted by atomic mass is 10.0. The lowest BCUT2D eigenvalue weighted by Gasteiger charge is -2.11. The Balaban J connectivity index is 2.01. The zero-order valence-corrected chi connectivity index (χ0v) is 13.7. The van der Waals surface area contributed by atoms with Crippen LogP contribution in [0.15, 0.2) is 66.7 Å². The molecule has 128 valence electrons. The number of carboxylic acid groups (broad SMARTS) is 2. The maximum absolute atomic E-state index is 11.9. The van der Waals surface area contributed by atoms with E-state index in [4.69, 9.17) is 0 Å². The molecule has 5 nitrogen and oxygen atoms in total. The number of rotatable bonds is 4. The van der Waals surface area contributed by atoms with E-state index in [9.17, 15) is 19.8 Å². The molecular formula is C21H15NO4. The van der Waals surface area contributed by atoms with Crippen LogP contribution >= 0.6 is 0 Å². The molecule has 0 atom stereocenters. The third-order valence-electron chi connectivity index (χ3n) is 4.60. The molecule has 1 aromatic heterocycles. The molecule has 1 heterocycles. The molecule has 0 radical (unpaired) electrons. The summed E-state index contributed by atoms with van der Waals surface area (Å²) in [5.74, 6) is -2.49. The lowest BCUT2D eigenvalue weighted by molar-refractivity contribution is 0.0645. The van der Waals surface area contributed by atoms with Gasteiger partial charge in [-0.2, -0.15) is 0 Å². The van der Waals surface area contributed by atoms with Gasteiger partial charge in [-0.05, 0) is 22.4 Å². The Hall–Kier alpha value is -3.60. The molecule has 2 N–H and O–H groups in total. The minimum absolute atomic E-state index is 0.173. The predicted molar refractivity (Wildman–Crippen MR) is 98.9 cm³/mol. The maximum Gasteiger partial charge on any atom is 0.353 e. The Bertz CT molecular complexity index is 1170. The SMILES string of the molecule is O=C(O)c1c(C(=O)O)n(Cc2cccc3ccccc23)c2ccccc12. The van der Waals surface area contributed by atoms with Crippen LogP contribution < -0.4 is 0 Å². The molecule has 26 heavy (non-hydrogen) atoms. The van der Waals surface area contributed by atoms with Gasteiger partial charge in [0.05, 0.1) is 5.56 Å². The topological polar surface area (TPSA) is 79.5 Å². The van der Waals surface area contributed by atoms with Gasteiger partial charge in [-0.3, -0.25) is 0 Å². The van der Waals surface area contributed by atoms with Crippen LogP contribution in [0.2, 0.25) is 0 Å². The number of carboxylic acids is 2. The Morgan fingerprint density at radius 2 is 1.42 bits per heavy atom. The minimum atomic E-state index is -1.25. The summed E-state index contributed by atoms with van der Waals surface area (Å²) in [6, 6.07) is 20.6. The molecule has 0 aliphatic carbocycles. The number of carbonyl (C=O) groups is 2. The van der Waals surface area contributed by atoms with Crippen molar-refractivity contribution in [3.63, 3.8) is 0 Å². The second-order valence-corrected chi connectivity index (χ2v) is 6.08. The Labute approximate surface area is 148 Å². The quantitative estimate of drug-likeness (QED) is 0.580. The molecule has 4 aromatic rings.